The topological polar surface area (TPSA) is 93.0 Å². The second-order valence-corrected chi connectivity index (χ2v) is 4.21. The molecule has 0 radical (unpaired) electrons. The van der Waals surface area contributed by atoms with Crippen LogP contribution in [-0.4, -0.2) is 10.6 Å². The SMILES string of the molecule is CCc1ccc([N+](=O)[O-])c(N)c1C(=N)C(C)C. The van der Waals surface area contributed by atoms with E-state index in [0.717, 1.165) is 5.56 Å². The number of hydrogen-bond acceptors (Lipinski definition) is 4. The zero-order chi connectivity index (χ0) is 13.2. The van der Waals surface area contributed by atoms with Crippen molar-refractivity contribution in [2.45, 2.75) is 27.2 Å². The molecule has 0 spiro atoms. The highest BCUT2D eigenvalue weighted by Crippen LogP contribution is 2.30. The molecule has 0 atom stereocenters. The smallest absolute Gasteiger partial charge is 0.292 e. The highest BCUT2D eigenvalue weighted by Gasteiger charge is 2.21. The molecule has 92 valence electrons. The van der Waals surface area contributed by atoms with E-state index in [9.17, 15) is 10.1 Å². The van der Waals surface area contributed by atoms with Crippen LogP contribution >= 0.6 is 0 Å². The summed E-state index contributed by atoms with van der Waals surface area (Å²) in [7, 11) is 0. The van der Waals surface area contributed by atoms with E-state index in [2.05, 4.69) is 0 Å². The molecule has 0 heterocycles. The third-order valence-corrected chi connectivity index (χ3v) is 2.73. The van der Waals surface area contributed by atoms with Crippen LogP contribution in [0, 0.1) is 21.4 Å². The molecule has 0 aliphatic heterocycles. The number of nitro benzene ring substituents is 1. The van der Waals surface area contributed by atoms with Crippen molar-refractivity contribution >= 4 is 17.1 Å². The highest BCUT2D eigenvalue weighted by atomic mass is 16.6. The van der Waals surface area contributed by atoms with Gasteiger partial charge in [-0.25, -0.2) is 0 Å². The second-order valence-electron chi connectivity index (χ2n) is 4.21. The number of benzene rings is 1. The summed E-state index contributed by atoms with van der Waals surface area (Å²) in [5.74, 6) is -0.00963. The van der Waals surface area contributed by atoms with E-state index in [1.807, 2.05) is 20.8 Å². The molecular weight excluding hydrogens is 218 g/mol. The first-order chi connectivity index (χ1) is 7.90. The van der Waals surface area contributed by atoms with Crippen LogP contribution in [0.3, 0.4) is 0 Å². The van der Waals surface area contributed by atoms with Gasteiger partial charge in [0, 0.05) is 17.3 Å². The van der Waals surface area contributed by atoms with Gasteiger partial charge in [0.1, 0.15) is 5.69 Å². The van der Waals surface area contributed by atoms with Crippen molar-refractivity contribution < 1.29 is 4.92 Å². The second kappa shape index (κ2) is 4.95. The number of aryl methyl sites for hydroxylation is 1. The molecule has 0 saturated carbocycles. The Hall–Kier alpha value is -1.91. The molecule has 0 aliphatic rings. The van der Waals surface area contributed by atoms with Crippen LogP contribution in [0.15, 0.2) is 12.1 Å². The molecule has 5 nitrogen and oxygen atoms in total. The Balaban J connectivity index is 3.48. The fourth-order valence-electron chi connectivity index (χ4n) is 1.71. The normalized spacial score (nSPS) is 10.6. The van der Waals surface area contributed by atoms with Crippen LogP contribution in [0.25, 0.3) is 0 Å². The average Bonchev–Trinajstić information content (AvgIpc) is 2.26. The Bertz CT molecular complexity index is 467. The van der Waals surface area contributed by atoms with Crippen LogP contribution in [0.4, 0.5) is 11.4 Å². The van der Waals surface area contributed by atoms with Crippen LogP contribution in [0.2, 0.25) is 0 Å². The van der Waals surface area contributed by atoms with Gasteiger partial charge in [0.25, 0.3) is 5.69 Å². The number of nitrogens with one attached hydrogen (secondary N) is 1. The zero-order valence-corrected chi connectivity index (χ0v) is 10.3. The van der Waals surface area contributed by atoms with Crippen molar-refractivity contribution in [1.82, 2.24) is 0 Å². The third-order valence-electron chi connectivity index (χ3n) is 2.73. The van der Waals surface area contributed by atoms with Crippen molar-refractivity contribution in [1.29, 1.82) is 5.41 Å². The molecule has 0 aliphatic carbocycles. The van der Waals surface area contributed by atoms with Crippen LogP contribution in [0.5, 0.6) is 0 Å². The van der Waals surface area contributed by atoms with Crippen molar-refractivity contribution in [3.05, 3.63) is 33.4 Å². The molecule has 17 heavy (non-hydrogen) atoms. The standard InChI is InChI=1S/C12H17N3O2/c1-4-8-5-6-9(15(16)17)12(14)10(8)11(13)7(2)3/h5-7,13H,4,14H2,1-3H3. The predicted octanol–water partition coefficient (Wildman–Crippen LogP) is 2.76. The van der Waals surface area contributed by atoms with Gasteiger partial charge in [-0.3, -0.25) is 10.1 Å². The molecule has 1 rings (SSSR count). The Morgan fingerprint density at radius 2 is 2.12 bits per heavy atom. The van der Waals surface area contributed by atoms with Crippen LogP contribution in [0.1, 0.15) is 31.9 Å². The largest absolute Gasteiger partial charge is 0.393 e. The third kappa shape index (κ3) is 2.43. The summed E-state index contributed by atoms with van der Waals surface area (Å²) in [5.41, 5.74) is 7.56. The van der Waals surface area contributed by atoms with Gasteiger partial charge in [0.05, 0.1) is 4.92 Å². The van der Waals surface area contributed by atoms with Gasteiger partial charge < -0.3 is 11.1 Å². The predicted molar refractivity (Wildman–Crippen MR) is 68.6 cm³/mol. The summed E-state index contributed by atoms with van der Waals surface area (Å²) in [4.78, 5) is 10.3. The fourth-order valence-corrected chi connectivity index (χ4v) is 1.71. The molecule has 0 saturated heterocycles. The maximum Gasteiger partial charge on any atom is 0.292 e. The van der Waals surface area contributed by atoms with E-state index < -0.39 is 4.92 Å². The van der Waals surface area contributed by atoms with Gasteiger partial charge >= 0.3 is 0 Å². The lowest BCUT2D eigenvalue weighted by Gasteiger charge is -2.14. The summed E-state index contributed by atoms with van der Waals surface area (Å²) in [6, 6.07) is 3.09. The van der Waals surface area contributed by atoms with Crippen LogP contribution < -0.4 is 5.73 Å². The highest BCUT2D eigenvalue weighted by molar-refractivity contribution is 6.06. The first kappa shape index (κ1) is 13.2. The summed E-state index contributed by atoms with van der Waals surface area (Å²) >= 11 is 0. The minimum absolute atomic E-state index is 0.00963. The first-order valence-corrected chi connectivity index (χ1v) is 5.54. The summed E-state index contributed by atoms with van der Waals surface area (Å²) in [6.07, 6.45) is 0.701. The van der Waals surface area contributed by atoms with E-state index >= 15 is 0 Å². The van der Waals surface area contributed by atoms with Gasteiger partial charge in [-0.2, -0.15) is 0 Å². The van der Waals surface area contributed by atoms with Crippen molar-refractivity contribution in [2.24, 2.45) is 5.92 Å². The minimum atomic E-state index is -0.508. The van der Waals surface area contributed by atoms with E-state index in [1.165, 1.54) is 6.07 Å². The molecule has 0 fully saturated rings. The molecule has 3 N–H and O–H groups in total. The van der Waals surface area contributed by atoms with Crippen molar-refractivity contribution in [2.75, 3.05) is 5.73 Å². The minimum Gasteiger partial charge on any atom is -0.393 e. The Labute approximate surface area is 100 Å². The fraction of sp³-hybridized carbons (Fsp3) is 0.417. The number of rotatable bonds is 4. The van der Waals surface area contributed by atoms with Crippen LogP contribution in [-0.2, 0) is 6.42 Å². The molecule has 1 aromatic rings. The number of nitrogens with two attached hydrogens (primary N) is 1. The number of nitrogens with zero attached hydrogens (tertiary/aromatic N) is 1. The van der Waals surface area contributed by atoms with Crippen molar-refractivity contribution in [3.8, 4) is 0 Å². The molecule has 1 aromatic carbocycles. The Kier molecular flexibility index (Phi) is 3.83. The summed E-state index contributed by atoms with van der Waals surface area (Å²) < 4.78 is 0. The van der Waals surface area contributed by atoms with Crippen molar-refractivity contribution in [3.63, 3.8) is 0 Å². The molecule has 0 amide bonds. The van der Waals surface area contributed by atoms with Gasteiger partial charge in [0.15, 0.2) is 0 Å². The van der Waals surface area contributed by atoms with E-state index in [-0.39, 0.29) is 17.3 Å². The van der Waals surface area contributed by atoms with E-state index in [4.69, 9.17) is 11.1 Å². The number of anilines is 1. The Morgan fingerprint density at radius 1 is 1.53 bits per heavy atom. The maximum atomic E-state index is 10.8. The maximum absolute atomic E-state index is 10.8. The zero-order valence-electron chi connectivity index (χ0n) is 10.3. The van der Waals surface area contributed by atoms with Gasteiger partial charge in [0.2, 0.25) is 0 Å². The molecule has 0 bridgehead atoms. The lowest BCUT2D eigenvalue weighted by atomic mass is 9.92. The lowest BCUT2D eigenvalue weighted by molar-refractivity contribution is -0.383. The lowest BCUT2D eigenvalue weighted by Crippen LogP contribution is -2.14. The number of nitro groups is 1. The molecule has 0 unspecified atom stereocenters. The number of nitrogen functional groups attached to an aromatic ring is 1. The van der Waals surface area contributed by atoms with E-state index in [0.29, 0.717) is 17.7 Å². The number of hydrogen-bond donors (Lipinski definition) is 2. The van der Waals surface area contributed by atoms with Gasteiger partial charge in [-0.15, -0.1) is 0 Å². The monoisotopic (exact) mass is 235 g/mol. The molecular formula is C12H17N3O2. The molecule has 0 aromatic heterocycles. The quantitative estimate of drug-likeness (QED) is 0.363. The van der Waals surface area contributed by atoms with Gasteiger partial charge in [-0.1, -0.05) is 26.8 Å². The Morgan fingerprint density at radius 3 is 2.53 bits per heavy atom. The van der Waals surface area contributed by atoms with Gasteiger partial charge in [-0.05, 0) is 17.9 Å². The molecule has 5 heteroatoms. The summed E-state index contributed by atoms with van der Waals surface area (Å²) in [6.45, 7) is 5.69. The average molecular weight is 235 g/mol. The van der Waals surface area contributed by atoms with E-state index in [1.54, 1.807) is 6.07 Å². The first-order valence-electron chi connectivity index (χ1n) is 5.54. The summed E-state index contributed by atoms with van der Waals surface area (Å²) in [5, 5.41) is 18.8.